The summed E-state index contributed by atoms with van der Waals surface area (Å²) in [4.78, 5) is 32.6. The molecule has 1 aliphatic carbocycles. The third kappa shape index (κ3) is 8.43. The standard InChI is InChI=1S/C37H43FN6O3/c1-25-21-34(42-43(25)2)36(46)41-31-16-14-30(15-17-31)40-35(45)33-23-29(38)24-39-37(33)47-32-9-5-8-28(22-32)27-12-10-26(11-13-27)7-6-20-44-18-3-4-19-44/h5,8-13,21-24,30-31H,3-4,6-7,14-20H2,1-2H3,(H,40,45)(H,41,46). The molecular weight excluding hydrogens is 595 g/mol. The lowest BCUT2D eigenvalue weighted by Gasteiger charge is -2.29. The summed E-state index contributed by atoms with van der Waals surface area (Å²) in [6.07, 6.45) is 8.68. The molecule has 1 aliphatic heterocycles. The average Bonchev–Trinajstić information content (AvgIpc) is 3.72. The van der Waals surface area contributed by atoms with Crippen LogP contribution in [0.1, 0.15) is 77.0 Å². The van der Waals surface area contributed by atoms with E-state index in [1.165, 1.54) is 31.5 Å². The largest absolute Gasteiger partial charge is 0.438 e. The number of nitrogens with zero attached hydrogens (tertiary/aromatic N) is 4. The fraction of sp³-hybridized carbons (Fsp3) is 0.405. The van der Waals surface area contributed by atoms with Crippen LogP contribution in [-0.2, 0) is 13.5 Å². The van der Waals surface area contributed by atoms with Crippen LogP contribution < -0.4 is 15.4 Å². The van der Waals surface area contributed by atoms with Crippen LogP contribution in [0.2, 0.25) is 0 Å². The second-order valence-corrected chi connectivity index (χ2v) is 12.8. The van der Waals surface area contributed by atoms with Gasteiger partial charge in [0.25, 0.3) is 11.8 Å². The first-order valence-electron chi connectivity index (χ1n) is 16.7. The van der Waals surface area contributed by atoms with Gasteiger partial charge >= 0.3 is 0 Å². The van der Waals surface area contributed by atoms with E-state index in [9.17, 15) is 14.0 Å². The Morgan fingerprint density at radius 1 is 0.915 bits per heavy atom. The SMILES string of the molecule is Cc1cc(C(=O)NC2CCC(NC(=O)c3cc(F)cnc3Oc3cccc(-c4ccc(CCCN5CCCC5)cc4)c3)CC2)nn1C. The summed E-state index contributed by atoms with van der Waals surface area (Å²) in [7, 11) is 1.80. The molecule has 9 nitrogen and oxygen atoms in total. The van der Waals surface area contributed by atoms with E-state index in [4.69, 9.17) is 4.74 Å². The number of halogens is 1. The van der Waals surface area contributed by atoms with E-state index < -0.39 is 11.7 Å². The van der Waals surface area contributed by atoms with Crippen LogP contribution in [0, 0.1) is 12.7 Å². The van der Waals surface area contributed by atoms with Gasteiger partial charge in [0.15, 0.2) is 0 Å². The molecule has 4 aromatic rings. The first-order chi connectivity index (χ1) is 22.8. The van der Waals surface area contributed by atoms with Gasteiger partial charge in [-0.15, -0.1) is 0 Å². The summed E-state index contributed by atoms with van der Waals surface area (Å²) >= 11 is 0. The number of hydrogen-bond acceptors (Lipinski definition) is 6. The smallest absolute Gasteiger partial charge is 0.272 e. The fourth-order valence-corrected chi connectivity index (χ4v) is 6.47. The number of benzene rings is 2. The number of pyridine rings is 1. The molecule has 0 bridgehead atoms. The third-order valence-electron chi connectivity index (χ3n) is 9.28. The average molecular weight is 639 g/mol. The van der Waals surface area contributed by atoms with E-state index in [-0.39, 0.29) is 29.4 Å². The summed E-state index contributed by atoms with van der Waals surface area (Å²) in [5.74, 6) is -0.711. The quantitative estimate of drug-likeness (QED) is 0.202. The van der Waals surface area contributed by atoms with Crippen LogP contribution in [0.4, 0.5) is 4.39 Å². The molecule has 246 valence electrons. The number of rotatable bonds is 11. The minimum absolute atomic E-state index is 0.00375. The Morgan fingerprint density at radius 3 is 2.30 bits per heavy atom. The van der Waals surface area contributed by atoms with Crippen LogP contribution in [0.5, 0.6) is 11.6 Å². The minimum Gasteiger partial charge on any atom is -0.438 e. The molecule has 0 radical (unpaired) electrons. The van der Waals surface area contributed by atoms with E-state index in [0.717, 1.165) is 48.5 Å². The molecule has 2 aromatic heterocycles. The minimum atomic E-state index is -0.618. The molecule has 1 saturated heterocycles. The first-order valence-corrected chi connectivity index (χ1v) is 16.7. The molecule has 0 atom stereocenters. The molecule has 2 N–H and O–H groups in total. The number of amides is 2. The predicted molar refractivity (Wildman–Crippen MR) is 179 cm³/mol. The van der Waals surface area contributed by atoms with Crippen molar-refractivity contribution in [2.24, 2.45) is 7.05 Å². The Morgan fingerprint density at radius 2 is 1.62 bits per heavy atom. The summed E-state index contributed by atoms with van der Waals surface area (Å²) in [5.41, 5.74) is 4.70. The van der Waals surface area contributed by atoms with Gasteiger partial charge in [-0.25, -0.2) is 9.37 Å². The third-order valence-corrected chi connectivity index (χ3v) is 9.28. The topological polar surface area (TPSA) is 101 Å². The highest BCUT2D eigenvalue weighted by atomic mass is 19.1. The van der Waals surface area contributed by atoms with Crippen LogP contribution in [0.15, 0.2) is 66.9 Å². The van der Waals surface area contributed by atoms with Gasteiger partial charge in [0.05, 0.1) is 6.20 Å². The van der Waals surface area contributed by atoms with Gasteiger partial charge in [-0.3, -0.25) is 14.3 Å². The zero-order valence-corrected chi connectivity index (χ0v) is 27.2. The summed E-state index contributed by atoms with van der Waals surface area (Å²) in [6, 6.07) is 19.0. The van der Waals surface area contributed by atoms with Crippen LogP contribution in [0.3, 0.4) is 0 Å². The lowest BCUT2D eigenvalue weighted by atomic mass is 9.91. The number of carbonyl (C=O) groups is 2. The Hall–Kier alpha value is -4.57. The van der Waals surface area contributed by atoms with Crippen molar-refractivity contribution in [2.45, 2.75) is 70.4 Å². The lowest BCUT2D eigenvalue weighted by molar-refractivity contribution is 0.0887. The summed E-state index contributed by atoms with van der Waals surface area (Å²) in [6.45, 7) is 5.52. The molecule has 3 heterocycles. The number of likely N-dealkylation sites (tertiary alicyclic amines) is 1. The van der Waals surface area contributed by atoms with E-state index >= 15 is 0 Å². The molecule has 0 spiro atoms. The predicted octanol–water partition coefficient (Wildman–Crippen LogP) is 6.22. The van der Waals surface area contributed by atoms with Gasteiger partial charge in [0, 0.05) is 24.8 Å². The van der Waals surface area contributed by atoms with Crippen LogP contribution in [-0.4, -0.2) is 63.2 Å². The van der Waals surface area contributed by atoms with Crippen molar-refractivity contribution >= 4 is 11.8 Å². The maximum atomic E-state index is 14.3. The van der Waals surface area contributed by atoms with Crippen molar-refractivity contribution in [3.05, 3.63) is 95.2 Å². The molecule has 1 saturated carbocycles. The first kappa shape index (κ1) is 32.4. The molecule has 2 aromatic carbocycles. The van der Waals surface area contributed by atoms with Crippen molar-refractivity contribution in [3.8, 4) is 22.8 Å². The highest BCUT2D eigenvalue weighted by Crippen LogP contribution is 2.29. The molecular formula is C37H43FN6O3. The molecule has 0 unspecified atom stereocenters. The maximum absolute atomic E-state index is 14.3. The van der Waals surface area contributed by atoms with Gasteiger partial charge < -0.3 is 20.3 Å². The van der Waals surface area contributed by atoms with E-state index in [1.807, 2.05) is 25.1 Å². The zero-order valence-electron chi connectivity index (χ0n) is 27.2. The number of carbonyl (C=O) groups excluding carboxylic acids is 2. The number of nitrogens with one attached hydrogen (secondary N) is 2. The van der Waals surface area contributed by atoms with Crippen molar-refractivity contribution in [3.63, 3.8) is 0 Å². The van der Waals surface area contributed by atoms with Gasteiger partial charge in [-0.1, -0.05) is 36.4 Å². The normalized spacial score (nSPS) is 18.2. The number of aryl methyl sites for hydroxylation is 3. The highest BCUT2D eigenvalue weighted by Gasteiger charge is 2.26. The summed E-state index contributed by atoms with van der Waals surface area (Å²) < 4.78 is 22.0. The Bertz CT molecular complexity index is 1670. The van der Waals surface area contributed by atoms with Gasteiger partial charge in [-0.2, -0.15) is 5.10 Å². The fourth-order valence-electron chi connectivity index (χ4n) is 6.47. The molecule has 10 heteroatoms. The summed E-state index contributed by atoms with van der Waals surface area (Å²) in [5, 5.41) is 10.3. The number of ether oxygens (including phenoxy) is 1. The monoisotopic (exact) mass is 638 g/mol. The number of aromatic nitrogens is 3. The number of hydrogen-bond donors (Lipinski definition) is 2. The van der Waals surface area contributed by atoms with Crippen molar-refractivity contribution in [1.82, 2.24) is 30.3 Å². The molecule has 2 aliphatic rings. The van der Waals surface area contributed by atoms with Gasteiger partial charge in [-0.05, 0) is 119 Å². The molecule has 47 heavy (non-hydrogen) atoms. The van der Waals surface area contributed by atoms with E-state index in [0.29, 0.717) is 37.1 Å². The van der Waals surface area contributed by atoms with Crippen LogP contribution >= 0.6 is 0 Å². The maximum Gasteiger partial charge on any atom is 0.272 e. The second kappa shape index (κ2) is 14.9. The Balaban J connectivity index is 1.04. The van der Waals surface area contributed by atoms with Crippen molar-refractivity contribution < 1.29 is 18.7 Å². The second-order valence-electron chi connectivity index (χ2n) is 12.8. The lowest BCUT2D eigenvalue weighted by Crippen LogP contribution is -2.44. The Kier molecular flexibility index (Phi) is 10.3. The Labute approximate surface area is 275 Å². The van der Waals surface area contributed by atoms with Crippen molar-refractivity contribution in [1.29, 1.82) is 0 Å². The van der Waals surface area contributed by atoms with E-state index in [2.05, 4.69) is 49.9 Å². The van der Waals surface area contributed by atoms with Gasteiger partial charge in [0.2, 0.25) is 5.88 Å². The molecule has 6 rings (SSSR count). The molecule has 2 amide bonds. The van der Waals surface area contributed by atoms with E-state index in [1.54, 1.807) is 23.9 Å². The van der Waals surface area contributed by atoms with Crippen LogP contribution in [0.25, 0.3) is 11.1 Å². The molecule has 2 fully saturated rings. The van der Waals surface area contributed by atoms with Crippen molar-refractivity contribution in [2.75, 3.05) is 19.6 Å². The highest BCUT2D eigenvalue weighted by molar-refractivity contribution is 5.96. The van der Waals surface area contributed by atoms with Gasteiger partial charge in [0.1, 0.15) is 22.8 Å². The zero-order chi connectivity index (χ0) is 32.8.